The fraction of sp³-hybridized carbons (Fsp3) is 0.409. The molecule has 1 aliphatic rings. The number of carbonyl (C=O) groups excluding carboxylic acids is 1. The summed E-state index contributed by atoms with van der Waals surface area (Å²) in [5.41, 5.74) is 0.0779. The number of amides is 1. The molecule has 0 atom stereocenters. The molecule has 2 aromatic heterocycles. The van der Waals surface area contributed by atoms with Crippen LogP contribution in [0.5, 0.6) is 0 Å². The molecule has 188 valence electrons. The second-order valence-corrected chi connectivity index (χ2v) is 12.1. The highest BCUT2D eigenvalue weighted by molar-refractivity contribution is 7.99. The summed E-state index contributed by atoms with van der Waals surface area (Å²) >= 11 is 8.86. The summed E-state index contributed by atoms with van der Waals surface area (Å²) in [5.74, 6) is -0.420. The number of ether oxygens (including phenoxy) is 1. The van der Waals surface area contributed by atoms with Crippen molar-refractivity contribution in [1.82, 2.24) is 13.9 Å². The second kappa shape index (κ2) is 11.0. The Bertz CT molecular complexity index is 1410. The van der Waals surface area contributed by atoms with Crippen LogP contribution in [0.4, 0.5) is 5.69 Å². The summed E-state index contributed by atoms with van der Waals surface area (Å²) in [4.78, 5) is 32.0. The number of rotatable bonds is 8. The van der Waals surface area contributed by atoms with Gasteiger partial charge in [0.1, 0.15) is 4.83 Å². The van der Waals surface area contributed by atoms with E-state index in [4.69, 9.17) is 16.3 Å². The normalized spacial score (nSPS) is 14.9. The molecule has 1 amide bonds. The summed E-state index contributed by atoms with van der Waals surface area (Å²) in [6, 6.07) is 6.11. The Labute approximate surface area is 216 Å². The monoisotopic (exact) mass is 556 g/mol. The summed E-state index contributed by atoms with van der Waals surface area (Å²) in [5, 5.41) is 3.96. The van der Waals surface area contributed by atoms with Crippen LogP contribution in [0.25, 0.3) is 10.2 Å². The van der Waals surface area contributed by atoms with Crippen molar-refractivity contribution in [2.75, 3.05) is 37.4 Å². The minimum absolute atomic E-state index is 0.0271. The van der Waals surface area contributed by atoms with E-state index in [0.717, 1.165) is 23.1 Å². The third-order valence-corrected chi connectivity index (χ3v) is 9.86. The maximum atomic E-state index is 13.0. The number of hydrogen-bond donors (Lipinski definition) is 1. The molecule has 0 bridgehead atoms. The van der Waals surface area contributed by atoms with Crippen molar-refractivity contribution in [3.8, 4) is 0 Å². The number of nitrogens with one attached hydrogen (secondary N) is 1. The van der Waals surface area contributed by atoms with Gasteiger partial charge < -0.3 is 10.1 Å². The van der Waals surface area contributed by atoms with E-state index in [-0.39, 0.29) is 40.0 Å². The molecule has 0 unspecified atom stereocenters. The van der Waals surface area contributed by atoms with Gasteiger partial charge in [0.25, 0.3) is 5.56 Å². The third-order valence-electron chi connectivity index (χ3n) is 5.48. The number of carbonyl (C=O) groups is 1. The van der Waals surface area contributed by atoms with Gasteiger partial charge in [-0.15, -0.1) is 11.3 Å². The van der Waals surface area contributed by atoms with Gasteiger partial charge >= 0.3 is 0 Å². The molecule has 0 spiro atoms. The summed E-state index contributed by atoms with van der Waals surface area (Å²) in [6.45, 7) is 5.51. The smallest absolute Gasteiger partial charge is 0.262 e. The number of anilines is 1. The largest absolute Gasteiger partial charge is 0.379 e. The van der Waals surface area contributed by atoms with Crippen LogP contribution in [0.1, 0.15) is 18.7 Å². The Balaban J connectivity index is 1.51. The number of aryl methyl sites for hydroxylation is 1. The van der Waals surface area contributed by atoms with E-state index >= 15 is 0 Å². The van der Waals surface area contributed by atoms with Crippen molar-refractivity contribution in [3.63, 3.8) is 0 Å². The molecule has 1 saturated heterocycles. The van der Waals surface area contributed by atoms with Crippen molar-refractivity contribution in [2.24, 2.45) is 0 Å². The lowest BCUT2D eigenvalue weighted by Crippen LogP contribution is -2.40. The van der Waals surface area contributed by atoms with Crippen molar-refractivity contribution in [3.05, 3.63) is 44.5 Å². The van der Waals surface area contributed by atoms with Crippen LogP contribution in [-0.4, -0.2) is 60.2 Å². The predicted molar refractivity (Wildman–Crippen MR) is 139 cm³/mol. The van der Waals surface area contributed by atoms with E-state index in [2.05, 4.69) is 10.3 Å². The van der Waals surface area contributed by atoms with Gasteiger partial charge in [-0.05, 0) is 37.6 Å². The van der Waals surface area contributed by atoms with E-state index < -0.39 is 15.9 Å². The van der Waals surface area contributed by atoms with E-state index in [1.165, 1.54) is 33.8 Å². The predicted octanol–water partition coefficient (Wildman–Crippen LogP) is 3.45. The molecule has 0 aliphatic carbocycles. The maximum Gasteiger partial charge on any atom is 0.262 e. The number of sulfonamides is 1. The van der Waals surface area contributed by atoms with Gasteiger partial charge in [0, 0.05) is 24.5 Å². The molecule has 0 radical (unpaired) electrons. The van der Waals surface area contributed by atoms with Crippen molar-refractivity contribution in [2.45, 2.75) is 36.9 Å². The van der Waals surface area contributed by atoms with Crippen LogP contribution in [0.3, 0.4) is 0 Å². The van der Waals surface area contributed by atoms with Gasteiger partial charge in [-0.25, -0.2) is 13.4 Å². The number of thioether (sulfide) groups is 1. The SMILES string of the molecule is CCc1cc2c(=O)n(CC)c(SCC(=O)Nc3cc(S(=O)(=O)N4CCOCC4)ccc3Cl)nc2s1. The van der Waals surface area contributed by atoms with Gasteiger partial charge in [0.05, 0.1) is 40.0 Å². The molecule has 0 saturated carbocycles. The van der Waals surface area contributed by atoms with Crippen LogP contribution in [-0.2, 0) is 32.5 Å². The summed E-state index contributed by atoms with van der Waals surface area (Å²) < 4.78 is 34.0. The lowest BCUT2D eigenvalue weighted by Gasteiger charge is -2.26. The molecule has 4 rings (SSSR count). The molecule has 9 nitrogen and oxygen atoms in total. The first-order valence-corrected chi connectivity index (χ1v) is 14.7. The summed E-state index contributed by atoms with van der Waals surface area (Å²) in [6.07, 6.45) is 0.818. The summed E-state index contributed by atoms with van der Waals surface area (Å²) in [7, 11) is -3.74. The van der Waals surface area contributed by atoms with E-state index in [1.807, 2.05) is 19.9 Å². The van der Waals surface area contributed by atoms with Gasteiger partial charge in [0.2, 0.25) is 15.9 Å². The number of fused-ring (bicyclic) bond motifs is 1. The first kappa shape index (κ1) is 26.1. The quantitative estimate of drug-likeness (QED) is 0.334. The Morgan fingerprint density at radius 1 is 1.26 bits per heavy atom. The number of morpholine rings is 1. The van der Waals surface area contributed by atoms with E-state index in [1.54, 1.807) is 4.57 Å². The van der Waals surface area contributed by atoms with Gasteiger partial charge in [-0.2, -0.15) is 4.31 Å². The molecule has 1 aliphatic heterocycles. The standard InChI is InChI=1S/C22H25ClN4O5S3/c1-3-14-11-16-20(34-14)25-22(27(4-2)21(16)29)33-13-19(28)24-18-12-15(5-6-17(18)23)35(30,31)26-7-9-32-10-8-26/h5-6,11-12H,3-4,7-10,13H2,1-2H3,(H,24,28). The van der Waals surface area contributed by atoms with Gasteiger partial charge in [-0.1, -0.05) is 30.3 Å². The highest BCUT2D eigenvalue weighted by Gasteiger charge is 2.27. The van der Waals surface area contributed by atoms with Crippen molar-refractivity contribution >= 4 is 66.5 Å². The zero-order valence-corrected chi connectivity index (χ0v) is 22.5. The number of nitrogens with zero attached hydrogens (tertiary/aromatic N) is 3. The Morgan fingerprint density at radius 2 is 2.00 bits per heavy atom. The first-order chi connectivity index (χ1) is 16.7. The molecule has 1 N–H and O–H groups in total. The molecule has 3 heterocycles. The lowest BCUT2D eigenvalue weighted by atomic mass is 10.3. The molecule has 1 fully saturated rings. The van der Waals surface area contributed by atoms with Gasteiger partial charge in [0.15, 0.2) is 5.16 Å². The first-order valence-electron chi connectivity index (χ1n) is 11.1. The maximum absolute atomic E-state index is 13.0. The zero-order valence-electron chi connectivity index (χ0n) is 19.2. The topological polar surface area (TPSA) is 111 Å². The minimum Gasteiger partial charge on any atom is -0.379 e. The lowest BCUT2D eigenvalue weighted by molar-refractivity contribution is -0.113. The Hall–Kier alpha value is -1.96. The molecular formula is C22H25ClN4O5S3. The average Bonchev–Trinajstić information content (AvgIpc) is 3.28. The number of aromatic nitrogens is 2. The highest BCUT2D eigenvalue weighted by Crippen LogP contribution is 2.29. The van der Waals surface area contributed by atoms with Crippen molar-refractivity contribution in [1.29, 1.82) is 0 Å². The van der Waals surface area contributed by atoms with Crippen LogP contribution in [0.15, 0.2) is 39.1 Å². The fourth-order valence-electron chi connectivity index (χ4n) is 3.62. The molecular weight excluding hydrogens is 532 g/mol. The number of hydrogen-bond acceptors (Lipinski definition) is 8. The van der Waals surface area contributed by atoms with E-state index in [9.17, 15) is 18.0 Å². The molecule has 13 heteroatoms. The van der Waals surface area contributed by atoms with Crippen LogP contribution in [0, 0.1) is 0 Å². The average molecular weight is 557 g/mol. The molecule has 35 heavy (non-hydrogen) atoms. The van der Waals surface area contributed by atoms with Crippen molar-refractivity contribution < 1.29 is 17.9 Å². The molecule has 3 aromatic rings. The Morgan fingerprint density at radius 3 is 2.69 bits per heavy atom. The molecule has 1 aromatic carbocycles. The van der Waals surface area contributed by atoms with Gasteiger partial charge in [-0.3, -0.25) is 14.2 Å². The number of benzene rings is 1. The zero-order chi connectivity index (χ0) is 25.2. The second-order valence-electron chi connectivity index (χ2n) is 7.72. The Kier molecular flexibility index (Phi) is 8.19. The fourth-order valence-corrected chi connectivity index (χ4v) is 7.09. The third kappa shape index (κ3) is 5.57. The minimum atomic E-state index is -3.74. The van der Waals surface area contributed by atoms with Crippen LogP contribution >= 0.6 is 34.7 Å². The highest BCUT2D eigenvalue weighted by atomic mass is 35.5. The van der Waals surface area contributed by atoms with Crippen LogP contribution < -0.4 is 10.9 Å². The number of halogens is 1. The van der Waals surface area contributed by atoms with Crippen LogP contribution in [0.2, 0.25) is 5.02 Å². The number of thiophene rings is 1. The van der Waals surface area contributed by atoms with E-state index in [0.29, 0.717) is 35.1 Å².